The van der Waals surface area contributed by atoms with Crippen molar-refractivity contribution < 1.29 is 13.2 Å². The molecule has 1 nitrogen and oxygen atoms in total. The number of rotatable bonds is 3. The first-order valence-electron chi connectivity index (χ1n) is 4.24. The molecule has 4 heteroatoms. The average molecular weight is 203 g/mol. The fourth-order valence-corrected chi connectivity index (χ4v) is 1.13. The highest BCUT2D eigenvalue weighted by molar-refractivity contribution is 5.19. The first-order valence-corrected chi connectivity index (χ1v) is 4.24. The molecule has 78 valence electrons. The van der Waals surface area contributed by atoms with Gasteiger partial charge in [-0.15, -0.1) is 0 Å². The number of halogens is 3. The second-order valence-corrected chi connectivity index (χ2v) is 3.57. The summed E-state index contributed by atoms with van der Waals surface area (Å²) < 4.78 is 37.8. The molecule has 0 aliphatic rings. The van der Waals surface area contributed by atoms with Gasteiger partial charge in [0.15, 0.2) is 0 Å². The summed E-state index contributed by atoms with van der Waals surface area (Å²) in [6.07, 6.45) is -2.83. The standard InChI is InChI=1S/C10H12F3N/c1-10(14,9(12)13)6-7-4-2-3-5-8(7)11/h2-5,9H,6,14H2,1H3. The van der Waals surface area contributed by atoms with Crippen LogP contribution in [0.1, 0.15) is 12.5 Å². The van der Waals surface area contributed by atoms with Crippen molar-refractivity contribution in [3.63, 3.8) is 0 Å². The summed E-state index contributed by atoms with van der Waals surface area (Å²) in [4.78, 5) is 0. The van der Waals surface area contributed by atoms with E-state index in [1.807, 2.05) is 0 Å². The minimum atomic E-state index is -2.66. The van der Waals surface area contributed by atoms with Crippen LogP contribution >= 0.6 is 0 Å². The van der Waals surface area contributed by atoms with Gasteiger partial charge >= 0.3 is 0 Å². The summed E-state index contributed by atoms with van der Waals surface area (Å²) in [5, 5.41) is 0. The second-order valence-electron chi connectivity index (χ2n) is 3.57. The monoisotopic (exact) mass is 203 g/mol. The van der Waals surface area contributed by atoms with Gasteiger partial charge in [-0.25, -0.2) is 13.2 Å². The number of hydrogen-bond donors (Lipinski definition) is 1. The number of nitrogens with two attached hydrogens (primary N) is 1. The van der Waals surface area contributed by atoms with Crippen molar-refractivity contribution in [1.29, 1.82) is 0 Å². The fourth-order valence-electron chi connectivity index (χ4n) is 1.13. The van der Waals surface area contributed by atoms with E-state index < -0.39 is 17.8 Å². The molecular weight excluding hydrogens is 191 g/mol. The Balaban J connectivity index is 2.84. The van der Waals surface area contributed by atoms with Crippen LogP contribution in [0.15, 0.2) is 24.3 Å². The first kappa shape index (κ1) is 11.0. The van der Waals surface area contributed by atoms with Gasteiger partial charge in [-0.2, -0.15) is 0 Å². The van der Waals surface area contributed by atoms with Crippen molar-refractivity contribution in [2.24, 2.45) is 5.73 Å². The molecule has 0 aliphatic heterocycles. The number of benzene rings is 1. The van der Waals surface area contributed by atoms with Crippen LogP contribution in [0.2, 0.25) is 0 Å². The Morgan fingerprint density at radius 2 is 1.93 bits per heavy atom. The maximum absolute atomic E-state index is 13.1. The first-order chi connectivity index (χ1) is 6.43. The maximum atomic E-state index is 13.1. The van der Waals surface area contributed by atoms with Crippen LogP contribution in [-0.4, -0.2) is 12.0 Å². The highest BCUT2D eigenvalue weighted by Gasteiger charge is 2.31. The molecule has 0 saturated heterocycles. The van der Waals surface area contributed by atoms with Crippen molar-refractivity contribution in [2.45, 2.75) is 25.3 Å². The molecular formula is C10H12F3N. The lowest BCUT2D eigenvalue weighted by Crippen LogP contribution is -2.46. The van der Waals surface area contributed by atoms with E-state index in [2.05, 4.69) is 0 Å². The zero-order valence-corrected chi connectivity index (χ0v) is 7.81. The largest absolute Gasteiger partial charge is 0.320 e. The van der Waals surface area contributed by atoms with Crippen molar-refractivity contribution in [3.05, 3.63) is 35.6 Å². The van der Waals surface area contributed by atoms with Gasteiger partial charge in [0.25, 0.3) is 6.43 Å². The molecule has 0 aromatic heterocycles. The molecule has 0 radical (unpaired) electrons. The van der Waals surface area contributed by atoms with Crippen molar-refractivity contribution in [2.75, 3.05) is 0 Å². The molecule has 0 heterocycles. The van der Waals surface area contributed by atoms with E-state index in [4.69, 9.17) is 5.73 Å². The van der Waals surface area contributed by atoms with E-state index in [1.54, 1.807) is 6.07 Å². The minimum Gasteiger partial charge on any atom is -0.320 e. The minimum absolute atomic E-state index is 0.169. The molecule has 0 aliphatic carbocycles. The van der Waals surface area contributed by atoms with Crippen LogP contribution in [0.5, 0.6) is 0 Å². The van der Waals surface area contributed by atoms with Gasteiger partial charge in [0.2, 0.25) is 0 Å². The highest BCUT2D eigenvalue weighted by atomic mass is 19.3. The molecule has 1 unspecified atom stereocenters. The van der Waals surface area contributed by atoms with Crippen LogP contribution in [0, 0.1) is 5.82 Å². The van der Waals surface area contributed by atoms with Gasteiger partial charge in [0, 0.05) is 0 Å². The predicted molar refractivity (Wildman–Crippen MR) is 48.7 cm³/mol. The lowest BCUT2D eigenvalue weighted by molar-refractivity contribution is 0.0635. The third-order valence-corrected chi connectivity index (χ3v) is 2.03. The smallest absolute Gasteiger partial charge is 0.256 e. The molecule has 1 atom stereocenters. The topological polar surface area (TPSA) is 26.0 Å². The van der Waals surface area contributed by atoms with Crippen LogP contribution < -0.4 is 5.73 Å². The van der Waals surface area contributed by atoms with Gasteiger partial charge in [-0.3, -0.25) is 0 Å². The summed E-state index contributed by atoms with van der Waals surface area (Å²) in [6, 6.07) is 5.80. The van der Waals surface area contributed by atoms with Gasteiger partial charge in [-0.05, 0) is 25.0 Å². The Morgan fingerprint density at radius 1 is 1.36 bits per heavy atom. The molecule has 1 aromatic carbocycles. The van der Waals surface area contributed by atoms with E-state index >= 15 is 0 Å². The zero-order chi connectivity index (χ0) is 10.8. The lowest BCUT2D eigenvalue weighted by Gasteiger charge is -2.23. The van der Waals surface area contributed by atoms with E-state index in [9.17, 15) is 13.2 Å². The van der Waals surface area contributed by atoms with Gasteiger partial charge < -0.3 is 5.73 Å². The molecule has 0 amide bonds. The van der Waals surface area contributed by atoms with Crippen molar-refractivity contribution in [3.8, 4) is 0 Å². The van der Waals surface area contributed by atoms with E-state index in [0.717, 1.165) is 0 Å². The third-order valence-electron chi connectivity index (χ3n) is 2.03. The number of hydrogen-bond acceptors (Lipinski definition) is 1. The number of alkyl halides is 2. The summed E-state index contributed by atoms with van der Waals surface area (Å²) >= 11 is 0. The molecule has 0 fully saturated rings. The summed E-state index contributed by atoms with van der Waals surface area (Å²) in [7, 11) is 0. The van der Waals surface area contributed by atoms with E-state index in [1.165, 1.54) is 25.1 Å². The SMILES string of the molecule is CC(N)(Cc1ccccc1F)C(F)F. The molecule has 14 heavy (non-hydrogen) atoms. The highest BCUT2D eigenvalue weighted by Crippen LogP contribution is 2.19. The molecule has 0 saturated carbocycles. The normalized spacial score (nSPS) is 15.6. The summed E-state index contributed by atoms with van der Waals surface area (Å²) in [6.45, 7) is 1.21. The van der Waals surface area contributed by atoms with Crippen LogP contribution in [-0.2, 0) is 6.42 Å². The van der Waals surface area contributed by atoms with E-state index in [0.29, 0.717) is 0 Å². The Bertz CT molecular complexity index is 310. The van der Waals surface area contributed by atoms with Gasteiger partial charge in [0.1, 0.15) is 5.82 Å². The molecule has 0 bridgehead atoms. The second kappa shape index (κ2) is 4.00. The Labute approximate surface area is 80.7 Å². The van der Waals surface area contributed by atoms with Gasteiger partial charge in [0.05, 0.1) is 5.54 Å². The predicted octanol–water partition coefficient (Wildman–Crippen LogP) is 2.35. The average Bonchev–Trinajstić information content (AvgIpc) is 2.08. The quantitative estimate of drug-likeness (QED) is 0.801. The van der Waals surface area contributed by atoms with Crippen LogP contribution in [0.3, 0.4) is 0 Å². The Kier molecular flexibility index (Phi) is 3.16. The Hall–Kier alpha value is -1.03. The Morgan fingerprint density at radius 3 is 2.43 bits per heavy atom. The van der Waals surface area contributed by atoms with Crippen molar-refractivity contribution >= 4 is 0 Å². The summed E-state index contributed by atoms with van der Waals surface area (Å²) in [5.74, 6) is -0.496. The van der Waals surface area contributed by atoms with E-state index in [-0.39, 0.29) is 12.0 Å². The molecule has 1 rings (SSSR count). The lowest BCUT2D eigenvalue weighted by atomic mass is 9.94. The summed E-state index contributed by atoms with van der Waals surface area (Å²) in [5.41, 5.74) is 3.89. The molecule has 0 spiro atoms. The van der Waals surface area contributed by atoms with Gasteiger partial charge in [-0.1, -0.05) is 18.2 Å². The third kappa shape index (κ3) is 2.48. The van der Waals surface area contributed by atoms with Crippen LogP contribution in [0.4, 0.5) is 13.2 Å². The molecule has 2 N–H and O–H groups in total. The van der Waals surface area contributed by atoms with Crippen molar-refractivity contribution in [1.82, 2.24) is 0 Å². The fraction of sp³-hybridized carbons (Fsp3) is 0.400. The molecule has 1 aromatic rings. The zero-order valence-electron chi connectivity index (χ0n) is 7.81. The maximum Gasteiger partial charge on any atom is 0.256 e. The van der Waals surface area contributed by atoms with Crippen LogP contribution in [0.25, 0.3) is 0 Å².